The van der Waals surface area contributed by atoms with E-state index in [-0.39, 0.29) is 30.5 Å². The van der Waals surface area contributed by atoms with Gasteiger partial charge in [0.05, 0.1) is 6.54 Å². The van der Waals surface area contributed by atoms with Gasteiger partial charge in [0.25, 0.3) is 0 Å². The molecule has 0 aromatic carbocycles. The van der Waals surface area contributed by atoms with Crippen LogP contribution in [-0.2, 0) is 10.0 Å². The lowest BCUT2D eigenvalue weighted by molar-refractivity contribution is 0.150. The van der Waals surface area contributed by atoms with Crippen molar-refractivity contribution in [3.05, 3.63) is 17.5 Å². The van der Waals surface area contributed by atoms with E-state index in [1.54, 1.807) is 17.5 Å². The summed E-state index contributed by atoms with van der Waals surface area (Å²) in [7, 11) is -3.42. The van der Waals surface area contributed by atoms with Crippen LogP contribution in [0.3, 0.4) is 0 Å². The molecule has 1 saturated carbocycles. The van der Waals surface area contributed by atoms with Crippen LogP contribution in [0, 0.1) is 0 Å². The van der Waals surface area contributed by atoms with Crippen LogP contribution in [0.2, 0.25) is 0 Å². The number of hydrogen-bond acceptors (Lipinski definition) is 5. The molecule has 7 nitrogen and oxygen atoms in total. The third-order valence-electron chi connectivity index (χ3n) is 5.49. The van der Waals surface area contributed by atoms with Crippen molar-refractivity contribution in [1.82, 2.24) is 20.3 Å². The van der Waals surface area contributed by atoms with Gasteiger partial charge in [-0.3, -0.25) is 4.99 Å². The first-order valence-electron chi connectivity index (χ1n) is 10.4. The summed E-state index contributed by atoms with van der Waals surface area (Å²) in [5.41, 5.74) is 0. The van der Waals surface area contributed by atoms with E-state index >= 15 is 0 Å². The van der Waals surface area contributed by atoms with Crippen molar-refractivity contribution >= 4 is 51.3 Å². The number of guanidine groups is 1. The van der Waals surface area contributed by atoms with Crippen LogP contribution < -0.4 is 15.4 Å². The normalized spacial score (nSPS) is 19.8. The summed E-state index contributed by atoms with van der Waals surface area (Å²) in [4.78, 5) is 7.21. The molecular formula is C19H34IN5O2S2. The molecule has 0 radical (unpaired) electrons. The van der Waals surface area contributed by atoms with Crippen LogP contribution >= 0.6 is 35.3 Å². The molecule has 1 aliphatic carbocycles. The van der Waals surface area contributed by atoms with Crippen molar-refractivity contribution in [2.45, 2.75) is 61.7 Å². The fourth-order valence-electron chi connectivity index (χ4n) is 4.03. The Hall–Kier alpha value is -0.430. The zero-order valence-electron chi connectivity index (χ0n) is 17.1. The molecule has 2 heterocycles. The third kappa shape index (κ3) is 7.64. The van der Waals surface area contributed by atoms with Gasteiger partial charge in [-0.1, -0.05) is 18.9 Å². The zero-order valence-corrected chi connectivity index (χ0v) is 21.1. The summed E-state index contributed by atoms with van der Waals surface area (Å²) in [6, 6.07) is 4.58. The Morgan fingerprint density at radius 1 is 1.24 bits per heavy atom. The summed E-state index contributed by atoms with van der Waals surface area (Å²) in [5, 5.41) is 8.56. The highest BCUT2D eigenvalue weighted by Crippen LogP contribution is 2.26. The summed E-state index contributed by atoms with van der Waals surface area (Å²) >= 11 is 1.22. The fourth-order valence-corrected chi connectivity index (χ4v) is 6.09. The Balaban J connectivity index is 0.00000300. The Labute approximate surface area is 196 Å². The third-order valence-corrected chi connectivity index (χ3v) is 8.35. The lowest BCUT2D eigenvalue weighted by Gasteiger charge is -2.36. The number of nitrogens with one attached hydrogen (secondary N) is 3. The monoisotopic (exact) mass is 555 g/mol. The summed E-state index contributed by atoms with van der Waals surface area (Å²) in [6.45, 7) is 5.83. The van der Waals surface area contributed by atoms with Gasteiger partial charge in [-0.2, -0.15) is 0 Å². The van der Waals surface area contributed by atoms with Crippen LogP contribution in [0.15, 0.2) is 26.7 Å². The van der Waals surface area contributed by atoms with Gasteiger partial charge in [0.1, 0.15) is 4.21 Å². The van der Waals surface area contributed by atoms with Crippen LogP contribution in [0.1, 0.15) is 45.4 Å². The summed E-state index contributed by atoms with van der Waals surface area (Å²) < 4.78 is 27.2. The molecule has 0 unspecified atom stereocenters. The van der Waals surface area contributed by atoms with Crippen LogP contribution in [0.4, 0.5) is 0 Å². The molecule has 3 N–H and O–H groups in total. The average molecular weight is 556 g/mol. The van der Waals surface area contributed by atoms with Gasteiger partial charge in [0.15, 0.2) is 5.96 Å². The van der Waals surface area contributed by atoms with Gasteiger partial charge in [-0.15, -0.1) is 35.3 Å². The standard InChI is InChI=1S/C19H33N5O2S2.HI/c1-2-20-19(21-11-12-22-28(25,26)18-8-5-15-27-18)23-16-9-13-24(14-10-16)17-6-3-4-7-17;/h5,8,15-17,22H,2-4,6-7,9-14H2,1H3,(H2,20,21,23);1H. The largest absolute Gasteiger partial charge is 0.357 e. The quantitative estimate of drug-likeness (QED) is 0.199. The molecule has 1 saturated heterocycles. The van der Waals surface area contributed by atoms with Crippen molar-refractivity contribution in [2.24, 2.45) is 4.99 Å². The summed E-state index contributed by atoms with van der Waals surface area (Å²) in [6.07, 6.45) is 7.76. The van der Waals surface area contributed by atoms with E-state index in [1.807, 2.05) is 6.92 Å². The van der Waals surface area contributed by atoms with E-state index in [4.69, 9.17) is 0 Å². The molecule has 0 bridgehead atoms. The predicted octanol–water partition coefficient (Wildman–Crippen LogP) is 2.61. The number of likely N-dealkylation sites (tertiary alicyclic amines) is 1. The Morgan fingerprint density at radius 2 is 1.97 bits per heavy atom. The lowest BCUT2D eigenvalue weighted by Crippen LogP contribution is -2.50. The highest BCUT2D eigenvalue weighted by molar-refractivity contribution is 14.0. The van der Waals surface area contributed by atoms with Gasteiger partial charge < -0.3 is 15.5 Å². The Bertz CT molecular complexity index is 713. The van der Waals surface area contributed by atoms with E-state index < -0.39 is 10.0 Å². The highest BCUT2D eigenvalue weighted by Gasteiger charge is 2.27. The molecule has 1 aliphatic heterocycles. The maximum atomic E-state index is 12.1. The second kappa shape index (κ2) is 12.4. The number of thiophene rings is 1. The maximum Gasteiger partial charge on any atom is 0.250 e. The first-order valence-corrected chi connectivity index (χ1v) is 12.8. The minimum absolute atomic E-state index is 0. The number of rotatable bonds is 8. The lowest BCUT2D eigenvalue weighted by atomic mass is 10.0. The van der Waals surface area contributed by atoms with Gasteiger partial charge in [-0.05, 0) is 44.1 Å². The fraction of sp³-hybridized carbons (Fsp3) is 0.737. The van der Waals surface area contributed by atoms with Gasteiger partial charge in [-0.25, -0.2) is 13.1 Å². The molecule has 0 spiro atoms. The van der Waals surface area contributed by atoms with E-state index in [2.05, 4.69) is 25.2 Å². The summed E-state index contributed by atoms with van der Waals surface area (Å²) in [5.74, 6) is 0.775. The molecule has 1 aromatic heterocycles. The molecule has 10 heteroatoms. The predicted molar refractivity (Wildman–Crippen MR) is 131 cm³/mol. The highest BCUT2D eigenvalue weighted by atomic mass is 127. The van der Waals surface area contributed by atoms with E-state index in [1.165, 1.54) is 37.0 Å². The van der Waals surface area contributed by atoms with Gasteiger partial charge in [0, 0.05) is 38.3 Å². The number of nitrogens with zero attached hydrogens (tertiary/aromatic N) is 2. The number of hydrogen-bond donors (Lipinski definition) is 3. The molecule has 2 aliphatic rings. The molecule has 3 rings (SSSR count). The number of piperidine rings is 1. The number of sulfonamides is 1. The molecule has 29 heavy (non-hydrogen) atoms. The maximum absolute atomic E-state index is 12.1. The van der Waals surface area contributed by atoms with Crippen LogP contribution in [-0.4, -0.2) is 64.1 Å². The number of halogens is 1. The smallest absolute Gasteiger partial charge is 0.250 e. The molecule has 166 valence electrons. The van der Waals surface area contributed by atoms with Crippen molar-refractivity contribution in [3.63, 3.8) is 0 Å². The van der Waals surface area contributed by atoms with Crippen molar-refractivity contribution in [2.75, 3.05) is 32.7 Å². The van der Waals surface area contributed by atoms with Gasteiger partial charge >= 0.3 is 0 Å². The van der Waals surface area contributed by atoms with Crippen LogP contribution in [0.25, 0.3) is 0 Å². The molecule has 0 amide bonds. The topological polar surface area (TPSA) is 85.8 Å². The first-order chi connectivity index (χ1) is 13.6. The minimum Gasteiger partial charge on any atom is -0.357 e. The Kier molecular flexibility index (Phi) is 10.6. The van der Waals surface area contributed by atoms with E-state index in [9.17, 15) is 8.42 Å². The molecule has 0 atom stereocenters. The molecular weight excluding hydrogens is 521 g/mol. The first kappa shape index (κ1) is 24.8. The van der Waals surface area contributed by atoms with E-state index in [0.717, 1.165) is 44.5 Å². The average Bonchev–Trinajstić information content (AvgIpc) is 3.40. The Morgan fingerprint density at radius 3 is 2.59 bits per heavy atom. The van der Waals surface area contributed by atoms with Gasteiger partial charge in [0.2, 0.25) is 10.0 Å². The SMILES string of the molecule is CCNC(=NCCNS(=O)(=O)c1cccs1)NC1CCN(C2CCCC2)CC1.I. The van der Waals surface area contributed by atoms with Crippen LogP contribution in [0.5, 0.6) is 0 Å². The van der Waals surface area contributed by atoms with E-state index in [0.29, 0.717) is 16.8 Å². The second-order valence-electron chi connectivity index (χ2n) is 7.48. The second-order valence-corrected chi connectivity index (χ2v) is 10.4. The molecule has 1 aromatic rings. The zero-order chi connectivity index (χ0) is 19.8. The van der Waals surface area contributed by atoms with Crippen molar-refractivity contribution < 1.29 is 8.42 Å². The number of aliphatic imine (C=N–C) groups is 1. The van der Waals surface area contributed by atoms with Crippen molar-refractivity contribution in [3.8, 4) is 0 Å². The molecule has 2 fully saturated rings. The van der Waals surface area contributed by atoms with Crippen molar-refractivity contribution in [1.29, 1.82) is 0 Å². The minimum atomic E-state index is -3.42.